The van der Waals surface area contributed by atoms with Gasteiger partial charge in [0.05, 0.1) is 6.04 Å². The Morgan fingerprint density at radius 1 is 1.02 bits per heavy atom. The van der Waals surface area contributed by atoms with Crippen LogP contribution in [-0.4, -0.2) is 46.5 Å². The first kappa shape index (κ1) is 25.2. The second kappa shape index (κ2) is 9.69. The zero-order chi connectivity index (χ0) is 28.2. The van der Waals surface area contributed by atoms with E-state index in [1.54, 1.807) is 4.90 Å². The molecule has 4 aromatic rings. The van der Waals surface area contributed by atoms with Crippen LogP contribution in [-0.2, 0) is 22.6 Å². The molecule has 0 spiro atoms. The number of carbonyl (C=O) groups excluding carboxylic acids is 3. The van der Waals surface area contributed by atoms with E-state index in [-0.39, 0.29) is 37.0 Å². The molecule has 0 unspecified atom stereocenters. The van der Waals surface area contributed by atoms with E-state index in [9.17, 15) is 14.4 Å². The Labute approximate surface area is 236 Å². The van der Waals surface area contributed by atoms with Crippen molar-refractivity contribution in [3.63, 3.8) is 0 Å². The summed E-state index contributed by atoms with van der Waals surface area (Å²) in [7, 11) is 0. The Kier molecular flexibility index (Phi) is 5.96. The predicted molar refractivity (Wildman–Crippen MR) is 151 cm³/mol. The normalized spacial score (nSPS) is 19.1. The number of aromatic amines is 1. The van der Waals surface area contributed by atoms with Gasteiger partial charge in [0.15, 0.2) is 11.5 Å². The number of benzene rings is 3. The third kappa shape index (κ3) is 4.11. The van der Waals surface area contributed by atoms with Crippen LogP contribution in [0.15, 0.2) is 66.7 Å². The zero-order valence-corrected chi connectivity index (χ0v) is 22.8. The molecule has 41 heavy (non-hydrogen) atoms. The summed E-state index contributed by atoms with van der Waals surface area (Å²) in [5, 5.41) is 6.98. The third-order valence-corrected chi connectivity index (χ3v) is 8.31. The number of amides is 3. The van der Waals surface area contributed by atoms with E-state index in [0.29, 0.717) is 23.5 Å². The highest BCUT2D eigenvalue weighted by Crippen LogP contribution is 2.46. The lowest BCUT2D eigenvalue weighted by Crippen LogP contribution is -2.57. The van der Waals surface area contributed by atoms with Gasteiger partial charge in [-0.25, -0.2) is 0 Å². The number of nitrogens with zero attached hydrogens (tertiary/aromatic N) is 1. The van der Waals surface area contributed by atoms with Crippen LogP contribution >= 0.6 is 0 Å². The van der Waals surface area contributed by atoms with Gasteiger partial charge in [-0.1, -0.05) is 56.3 Å². The van der Waals surface area contributed by atoms with Gasteiger partial charge in [-0.15, -0.1) is 0 Å². The van der Waals surface area contributed by atoms with Crippen molar-refractivity contribution in [3.05, 3.63) is 94.7 Å². The number of nitrogens with one attached hydrogen (secondary N) is 3. The molecule has 0 aliphatic carbocycles. The topological polar surface area (TPSA) is 113 Å². The number of aromatic nitrogens is 1. The molecule has 3 atom stereocenters. The molecular formula is C32H30N4O5. The lowest BCUT2D eigenvalue weighted by Gasteiger charge is -2.38. The van der Waals surface area contributed by atoms with E-state index >= 15 is 0 Å². The molecule has 0 bridgehead atoms. The average molecular weight is 551 g/mol. The second-order valence-electron chi connectivity index (χ2n) is 11.1. The maximum Gasteiger partial charge on any atom is 0.255 e. The van der Waals surface area contributed by atoms with Gasteiger partial charge >= 0.3 is 0 Å². The van der Waals surface area contributed by atoms with Crippen LogP contribution in [0.5, 0.6) is 11.5 Å². The summed E-state index contributed by atoms with van der Waals surface area (Å²) in [5.74, 6) is 0.334. The van der Waals surface area contributed by atoms with Crippen LogP contribution in [0.25, 0.3) is 10.9 Å². The van der Waals surface area contributed by atoms with Gasteiger partial charge in [0.1, 0.15) is 12.1 Å². The Bertz CT molecular complexity index is 1710. The molecule has 3 aliphatic heterocycles. The second-order valence-corrected chi connectivity index (χ2v) is 11.1. The SMILES string of the molecule is CC(C)[C@H](NC(=O)[C@@H]1Cc2c([nH]c3ccccc23)[C@H]2c3ccccc3C(=O)N21)C(=O)NCc1ccc2c(c1)OCO2. The van der Waals surface area contributed by atoms with Crippen LogP contribution in [0.1, 0.15) is 52.6 Å². The number of fused-ring (bicyclic) bond motifs is 8. The standard InChI is InChI=1S/C32H30N4O5/c1-17(2)27(31(38)33-15-18-11-12-25-26(13-18)41-16-40-25)35-30(37)24-14-22-19-7-5-6-10-23(19)34-28(22)29-20-8-3-4-9-21(20)32(39)36(24)29/h3-13,17,24,27,29,34H,14-16H2,1-2H3,(H,33,38)(H,35,37)/t24-,27-,29+/m0/s1. The van der Waals surface area contributed by atoms with Crippen molar-refractivity contribution in [1.29, 1.82) is 0 Å². The average Bonchev–Trinajstić information content (AvgIpc) is 3.68. The number of para-hydroxylation sites is 1. The van der Waals surface area contributed by atoms with Gasteiger partial charge in [0.2, 0.25) is 18.6 Å². The van der Waals surface area contributed by atoms with E-state index in [0.717, 1.165) is 33.3 Å². The van der Waals surface area contributed by atoms with E-state index in [1.165, 1.54) is 0 Å². The number of hydrogen-bond donors (Lipinski definition) is 3. The van der Waals surface area contributed by atoms with Crippen LogP contribution in [0.2, 0.25) is 0 Å². The fraction of sp³-hybridized carbons (Fsp3) is 0.281. The number of ether oxygens (including phenoxy) is 2. The first-order chi connectivity index (χ1) is 19.9. The van der Waals surface area contributed by atoms with Gasteiger partial charge in [0, 0.05) is 35.1 Å². The number of H-pyrrole nitrogens is 1. The molecule has 3 N–H and O–H groups in total. The van der Waals surface area contributed by atoms with Gasteiger partial charge in [0.25, 0.3) is 5.91 Å². The molecule has 0 saturated heterocycles. The Morgan fingerprint density at radius 2 is 1.80 bits per heavy atom. The lowest BCUT2D eigenvalue weighted by molar-refractivity contribution is -0.133. The number of rotatable bonds is 6. The molecule has 0 radical (unpaired) electrons. The highest BCUT2D eigenvalue weighted by atomic mass is 16.7. The van der Waals surface area contributed by atoms with Crippen LogP contribution in [0.3, 0.4) is 0 Å². The first-order valence-electron chi connectivity index (χ1n) is 13.9. The molecule has 0 fully saturated rings. The summed E-state index contributed by atoms with van der Waals surface area (Å²) in [6.45, 7) is 4.24. The summed E-state index contributed by atoms with van der Waals surface area (Å²) in [4.78, 5) is 46.3. The Morgan fingerprint density at radius 3 is 2.66 bits per heavy atom. The molecule has 7 rings (SSSR count). The molecule has 0 saturated carbocycles. The molecule has 3 aromatic carbocycles. The highest BCUT2D eigenvalue weighted by molar-refractivity contribution is 6.04. The first-order valence-corrected chi connectivity index (χ1v) is 13.9. The van der Waals surface area contributed by atoms with Gasteiger partial charge in [-0.3, -0.25) is 14.4 Å². The molecule has 3 amide bonds. The fourth-order valence-electron chi connectivity index (χ4n) is 6.27. The van der Waals surface area contributed by atoms with Crippen molar-refractivity contribution in [2.75, 3.05) is 6.79 Å². The van der Waals surface area contributed by atoms with Crippen LogP contribution < -0.4 is 20.1 Å². The van der Waals surface area contributed by atoms with Crippen molar-refractivity contribution < 1.29 is 23.9 Å². The van der Waals surface area contributed by atoms with E-state index in [1.807, 2.05) is 80.6 Å². The summed E-state index contributed by atoms with van der Waals surface area (Å²) < 4.78 is 10.8. The summed E-state index contributed by atoms with van der Waals surface area (Å²) in [6, 6.07) is 19.1. The Balaban J connectivity index is 1.16. The quantitative estimate of drug-likeness (QED) is 0.338. The number of carbonyl (C=O) groups is 3. The maximum absolute atomic E-state index is 14.0. The van der Waals surface area contributed by atoms with Crippen molar-refractivity contribution >= 4 is 28.6 Å². The molecule has 9 nitrogen and oxygen atoms in total. The summed E-state index contributed by atoms with van der Waals surface area (Å²) >= 11 is 0. The van der Waals surface area contributed by atoms with E-state index < -0.39 is 18.1 Å². The Hall–Kier alpha value is -4.79. The van der Waals surface area contributed by atoms with E-state index in [2.05, 4.69) is 15.6 Å². The monoisotopic (exact) mass is 550 g/mol. The molecule has 9 heteroatoms. The molecule has 1 aromatic heterocycles. The molecule has 4 heterocycles. The smallest absolute Gasteiger partial charge is 0.255 e. The van der Waals surface area contributed by atoms with Crippen LogP contribution in [0, 0.1) is 5.92 Å². The minimum absolute atomic E-state index is 0.176. The fourth-order valence-corrected chi connectivity index (χ4v) is 6.27. The molecular weight excluding hydrogens is 520 g/mol. The number of hydrogen-bond acceptors (Lipinski definition) is 5. The minimum atomic E-state index is -0.778. The maximum atomic E-state index is 14.0. The predicted octanol–water partition coefficient (Wildman–Crippen LogP) is 3.82. The van der Waals surface area contributed by atoms with Crippen LogP contribution in [0.4, 0.5) is 0 Å². The molecule has 3 aliphatic rings. The minimum Gasteiger partial charge on any atom is -0.454 e. The third-order valence-electron chi connectivity index (χ3n) is 8.31. The zero-order valence-electron chi connectivity index (χ0n) is 22.8. The summed E-state index contributed by atoms with van der Waals surface area (Å²) in [5.41, 5.74) is 5.28. The van der Waals surface area contributed by atoms with Crippen molar-refractivity contribution in [2.45, 2.75) is 44.9 Å². The largest absolute Gasteiger partial charge is 0.454 e. The molecule has 208 valence electrons. The highest BCUT2D eigenvalue weighted by Gasteiger charge is 2.49. The van der Waals surface area contributed by atoms with Gasteiger partial charge in [-0.2, -0.15) is 0 Å². The lowest BCUT2D eigenvalue weighted by atomic mass is 9.89. The van der Waals surface area contributed by atoms with Gasteiger partial charge < -0.3 is 30.0 Å². The van der Waals surface area contributed by atoms with Gasteiger partial charge in [-0.05, 0) is 46.9 Å². The van der Waals surface area contributed by atoms with Crippen molar-refractivity contribution in [3.8, 4) is 11.5 Å². The van der Waals surface area contributed by atoms with E-state index in [4.69, 9.17) is 9.47 Å². The van der Waals surface area contributed by atoms with Crippen molar-refractivity contribution in [1.82, 2.24) is 20.5 Å². The summed E-state index contributed by atoms with van der Waals surface area (Å²) in [6.07, 6.45) is 0.352. The van der Waals surface area contributed by atoms with Crippen molar-refractivity contribution in [2.24, 2.45) is 5.92 Å².